The molecule has 2 atom stereocenters. The summed E-state index contributed by atoms with van der Waals surface area (Å²) in [6, 6.07) is 10.7. The Morgan fingerprint density at radius 2 is 2.06 bits per heavy atom. The van der Waals surface area contributed by atoms with Crippen molar-refractivity contribution in [1.29, 1.82) is 0 Å². The van der Waals surface area contributed by atoms with Crippen LogP contribution in [0.4, 0.5) is 0 Å². The van der Waals surface area contributed by atoms with Gasteiger partial charge in [0.05, 0.1) is 0 Å². The molecule has 1 aliphatic carbocycles. The molecule has 0 bridgehead atoms. The van der Waals surface area contributed by atoms with Gasteiger partial charge in [0.25, 0.3) is 0 Å². The fourth-order valence-corrected chi connectivity index (χ4v) is 3.28. The summed E-state index contributed by atoms with van der Waals surface area (Å²) in [7, 11) is 2.23. The molecule has 0 heterocycles. The van der Waals surface area contributed by atoms with Crippen molar-refractivity contribution in [1.82, 2.24) is 4.90 Å². The Morgan fingerprint density at radius 1 is 1.33 bits per heavy atom. The van der Waals surface area contributed by atoms with Crippen LogP contribution in [-0.4, -0.2) is 24.0 Å². The van der Waals surface area contributed by atoms with Gasteiger partial charge in [0.15, 0.2) is 0 Å². The van der Waals surface area contributed by atoms with Gasteiger partial charge in [0.1, 0.15) is 0 Å². The van der Waals surface area contributed by atoms with Crippen molar-refractivity contribution in [2.24, 2.45) is 11.7 Å². The van der Waals surface area contributed by atoms with Crippen molar-refractivity contribution in [2.45, 2.75) is 44.7 Å². The first-order valence-corrected chi connectivity index (χ1v) is 7.15. The van der Waals surface area contributed by atoms with Crippen molar-refractivity contribution < 1.29 is 0 Å². The Labute approximate surface area is 111 Å². The van der Waals surface area contributed by atoms with Crippen LogP contribution in [0.25, 0.3) is 0 Å². The Hall–Kier alpha value is -0.860. The molecule has 0 saturated heterocycles. The predicted octanol–water partition coefficient (Wildman–Crippen LogP) is 3.03. The van der Waals surface area contributed by atoms with E-state index in [-0.39, 0.29) is 5.54 Å². The molecule has 1 aliphatic rings. The molecule has 2 rings (SSSR count). The molecule has 0 aliphatic heterocycles. The fourth-order valence-electron chi connectivity index (χ4n) is 3.28. The molecule has 0 spiro atoms. The molecule has 18 heavy (non-hydrogen) atoms. The fraction of sp³-hybridized carbons (Fsp3) is 0.625. The monoisotopic (exact) mass is 246 g/mol. The predicted molar refractivity (Wildman–Crippen MR) is 77.3 cm³/mol. The molecule has 1 fully saturated rings. The first-order valence-electron chi connectivity index (χ1n) is 7.15. The summed E-state index contributed by atoms with van der Waals surface area (Å²) in [5.41, 5.74) is 7.71. The van der Waals surface area contributed by atoms with Crippen LogP contribution in [-0.2, 0) is 6.54 Å². The van der Waals surface area contributed by atoms with Crippen LogP contribution in [0.3, 0.4) is 0 Å². The minimum Gasteiger partial charge on any atom is -0.329 e. The van der Waals surface area contributed by atoms with Gasteiger partial charge in [-0.2, -0.15) is 0 Å². The van der Waals surface area contributed by atoms with Crippen molar-refractivity contribution >= 4 is 0 Å². The molecule has 2 unspecified atom stereocenters. The van der Waals surface area contributed by atoms with Gasteiger partial charge in [-0.3, -0.25) is 4.90 Å². The molecule has 0 aromatic heterocycles. The summed E-state index contributed by atoms with van der Waals surface area (Å²) in [6.45, 7) is 4.09. The zero-order valence-electron chi connectivity index (χ0n) is 11.7. The lowest BCUT2D eigenvalue weighted by Crippen LogP contribution is -2.49. The van der Waals surface area contributed by atoms with Gasteiger partial charge in [0.2, 0.25) is 0 Å². The van der Waals surface area contributed by atoms with Crippen LogP contribution in [0, 0.1) is 5.92 Å². The highest BCUT2D eigenvalue weighted by Crippen LogP contribution is 2.39. The minimum atomic E-state index is 0.233. The van der Waals surface area contributed by atoms with Crippen molar-refractivity contribution in [3.63, 3.8) is 0 Å². The van der Waals surface area contributed by atoms with Gasteiger partial charge in [-0.1, -0.05) is 43.7 Å². The van der Waals surface area contributed by atoms with E-state index >= 15 is 0 Å². The highest BCUT2D eigenvalue weighted by molar-refractivity contribution is 5.15. The lowest BCUT2D eigenvalue weighted by atomic mass is 9.93. The Morgan fingerprint density at radius 3 is 2.61 bits per heavy atom. The first-order chi connectivity index (χ1) is 8.70. The van der Waals surface area contributed by atoms with E-state index in [1.807, 2.05) is 0 Å². The standard InChI is InChI=1S/C16H26N2/c1-3-14-9-10-16(11-14,13-17)18(2)12-15-7-5-4-6-8-15/h4-8,14H,3,9-13,17H2,1-2H3. The average molecular weight is 246 g/mol. The lowest BCUT2D eigenvalue weighted by molar-refractivity contribution is 0.119. The Balaban J connectivity index is 2.04. The first kappa shape index (κ1) is 13.6. The number of hydrogen-bond acceptors (Lipinski definition) is 2. The topological polar surface area (TPSA) is 29.3 Å². The van der Waals surface area contributed by atoms with Gasteiger partial charge in [0, 0.05) is 18.6 Å². The third kappa shape index (κ3) is 2.76. The van der Waals surface area contributed by atoms with E-state index in [1.165, 1.54) is 31.2 Å². The van der Waals surface area contributed by atoms with Crippen LogP contribution in [0.5, 0.6) is 0 Å². The maximum absolute atomic E-state index is 6.10. The van der Waals surface area contributed by atoms with E-state index in [4.69, 9.17) is 5.73 Å². The van der Waals surface area contributed by atoms with E-state index in [2.05, 4.69) is 49.2 Å². The van der Waals surface area contributed by atoms with Crippen molar-refractivity contribution in [3.05, 3.63) is 35.9 Å². The van der Waals surface area contributed by atoms with Crippen LogP contribution in [0.15, 0.2) is 30.3 Å². The molecule has 100 valence electrons. The zero-order valence-corrected chi connectivity index (χ0v) is 11.7. The highest BCUT2D eigenvalue weighted by atomic mass is 15.2. The Kier molecular flexibility index (Phi) is 4.41. The van der Waals surface area contributed by atoms with E-state index in [0.717, 1.165) is 19.0 Å². The maximum Gasteiger partial charge on any atom is 0.0334 e. The van der Waals surface area contributed by atoms with Crippen molar-refractivity contribution in [2.75, 3.05) is 13.6 Å². The molecule has 1 saturated carbocycles. The summed E-state index contributed by atoms with van der Waals surface area (Å²) in [4.78, 5) is 2.48. The second-order valence-corrected chi connectivity index (χ2v) is 5.79. The zero-order chi connectivity index (χ0) is 13.0. The smallest absolute Gasteiger partial charge is 0.0334 e. The van der Waals surface area contributed by atoms with Crippen molar-refractivity contribution in [3.8, 4) is 0 Å². The van der Waals surface area contributed by atoms with E-state index in [9.17, 15) is 0 Å². The lowest BCUT2D eigenvalue weighted by Gasteiger charge is -2.38. The number of likely N-dealkylation sites (N-methyl/N-ethyl adjacent to an activating group) is 1. The summed E-state index contributed by atoms with van der Waals surface area (Å²) in [6.07, 6.45) is 5.16. The second-order valence-electron chi connectivity index (χ2n) is 5.79. The average Bonchev–Trinajstić information content (AvgIpc) is 2.85. The van der Waals surface area contributed by atoms with Crippen LogP contribution in [0.2, 0.25) is 0 Å². The molecular formula is C16H26N2. The number of benzene rings is 1. The third-order valence-corrected chi connectivity index (χ3v) is 4.72. The van der Waals surface area contributed by atoms with E-state index in [1.54, 1.807) is 0 Å². The summed E-state index contributed by atoms with van der Waals surface area (Å²) in [5.74, 6) is 0.867. The quantitative estimate of drug-likeness (QED) is 0.865. The highest BCUT2D eigenvalue weighted by Gasteiger charge is 2.40. The SMILES string of the molecule is CCC1CCC(CN)(N(C)Cc2ccccc2)C1. The molecule has 2 heteroatoms. The Bertz CT molecular complexity index is 363. The number of rotatable bonds is 5. The van der Waals surface area contributed by atoms with Gasteiger partial charge in [-0.15, -0.1) is 0 Å². The number of nitrogens with zero attached hydrogens (tertiary/aromatic N) is 1. The largest absolute Gasteiger partial charge is 0.329 e. The molecule has 1 aromatic carbocycles. The summed E-state index contributed by atoms with van der Waals surface area (Å²) in [5, 5.41) is 0. The van der Waals surface area contributed by atoms with E-state index in [0.29, 0.717) is 0 Å². The number of nitrogens with two attached hydrogens (primary N) is 1. The van der Waals surface area contributed by atoms with Crippen LogP contribution >= 0.6 is 0 Å². The molecule has 2 nitrogen and oxygen atoms in total. The van der Waals surface area contributed by atoms with Crippen LogP contribution < -0.4 is 5.73 Å². The maximum atomic E-state index is 6.10. The summed E-state index contributed by atoms with van der Waals surface area (Å²) < 4.78 is 0. The van der Waals surface area contributed by atoms with Gasteiger partial charge in [-0.25, -0.2) is 0 Å². The van der Waals surface area contributed by atoms with Gasteiger partial charge >= 0.3 is 0 Å². The second kappa shape index (κ2) is 5.85. The molecule has 2 N–H and O–H groups in total. The van der Waals surface area contributed by atoms with Crippen LogP contribution in [0.1, 0.15) is 38.2 Å². The minimum absolute atomic E-state index is 0.233. The third-order valence-electron chi connectivity index (χ3n) is 4.72. The van der Waals surface area contributed by atoms with E-state index < -0.39 is 0 Å². The van der Waals surface area contributed by atoms with Gasteiger partial charge < -0.3 is 5.73 Å². The molecule has 0 radical (unpaired) electrons. The molecule has 0 amide bonds. The summed E-state index contributed by atoms with van der Waals surface area (Å²) >= 11 is 0. The van der Waals surface area contributed by atoms with Gasteiger partial charge in [-0.05, 0) is 37.8 Å². The molecule has 1 aromatic rings. The molecular weight excluding hydrogens is 220 g/mol. The normalized spacial score (nSPS) is 27.9. The number of hydrogen-bond donors (Lipinski definition) is 1.